The Hall–Kier alpha value is -13.9. The third-order valence-corrected chi connectivity index (χ3v) is 25.5. The first-order valence-corrected chi connectivity index (χ1v) is 45.1. The monoisotopic (exact) mass is 1770 g/mol. The molecule has 3 aliphatic carbocycles. The van der Waals surface area contributed by atoms with Gasteiger partial charge in [-0.05, 0) is 224 Å². The van der Waals surface area contributed by atoms with Crippen molar-refractivity contribution in [3.8, 4) is 5.75 Å². The van der Waals surface area contributed by atoms with Crippen LogP contribution in [0.5, 0.6) is 5.75 Å². The molecule has 0 spiro atoms. The van der Waals surface area contributed by atoms with Crippen molar-refractivity contribution in [2.45, 2.75) is 113 Å². The van der Waals surface area contributed by atoms with Gasteiger partial charge in [-0.3, -0.25) is 65.4 Å². The van der Waals surface area contributed by atoms with Gasteiger partial charge in [-0.25, -0.2) is 28.7 Å². The lowest BCUT2D eigenvalue weighted by Gasteiger charge is -2.40. The van der Waals surface area contributed by atoms with Crippen molar-refractivity contribution < 1.29 is 37.4 Å². The Labute approximate surface area is 747 Å². The number of methoxy groups -OCH3 is 1. The highest BCUT2D eigenvalue weighted by atomic mass is 32.1. The third kappa shape index (κ3) is 21.7. The van der Waals surface area contributed by atoms with Gasteiger partial charge >= 0.3 is 0 Å². The standard InChI is InChI=1S/C25H21FN4O2S.C25H25N5O2S.C24H22N4OS.C23H20FN5OS/c26-22-14-21(32-20-7-8-20)6-4-18(22)3-5-19-16-33-25(28-19)29-24(31)23-2-1-13-30(23)15-17-9-11-27-12-10-17;1-32-22-11-15-30(19-6-3-2-4-7-19)23(22)20-17-33-25(27-20)28-24(31)21-8-5-14-29(21)16-18-9-12-26-13-10-18;29-23(22-7-4-12-28(22)15-17-8-10-25-11-9-17)27-24-26-21(16-30-24)20-13-19(14-20)18-5-2-1-3-6-18;24-23(20-5-1-2-8-26-20)12-17(13-23)18-15-31-22(27-18)28-21(30)19-4-3-11-29(19)14-16-6-9-25-10-7-16/h1-6,9-14,16,20H,7-8,15H2,(H,28,29,31);2-10,12-14,17,22-23H,11,15-16H2,1H3,(H,27,28,31);1-12,16,19-20H,13-15H2,(H,26,27,29);1-11,15,17H,12-14H2,(H,27,28,30)/b5-3+;;;. The molecule has 16 aromatic rings. The van der Waals surface area contributed by atoms with Crippen molar-refractivity contribution in [3.05, 3.63) is 387 Å². The van der Waals surface area contributed by atoms with Gasteiger partial charge in [0.05, 0.1) is 46.7 Å². The molecule has 4 amide bonds. The zero-order valence-electron chi connectivity index (χ0n) is 69.0. The average Bonchev–Trinajstić information content (AvgIpc) is 1.61. The van der Waals surface area contributed by atoms with Crippen LogP contribution in [0.3, 0.4) is 0 Å². The molecule has 13 aromatic heterocycles. The van der Waals surface area contributed by atoms with Crippen LogP contribution in [0.25, 0.3) is 12.2 Å². The van der Waals surface area contributed by atoms with Gasteiger partial charge in [0.1, 0.15) is 34.3 Å². The number of nitrogens with one attached hydrogen (secondary N) is 4. The Morgan fingerprint density at radius 2 is 0.890 bits per heavy atom. The molecular weight excluding hydrogens is 1680 g/mol. The summed E-state index contributed by atoms with van der Waals surface area (Å²) < 4.78 is 48.4. The van der Waals surface area contributed by atoms with E-state index in [1.165, 1.54) is 57.0 Å². The Balaban J connectivity index is 0.000000119. The number of thiazole rings is 4. The van der Waals surface area contributed by atoms with Crippen molar-refractivity contribution in [2.24, 2.45) is 0 Å². The molecule has 4 fully saturated rings. The number of alkyl halides is 1. The second-order valence-corrected chi connectivity index (χ2v) is 34.5. The topological polar surface area (TPSA) is 274 Å². The SMILES string of the molecule is COC1CCN(c2ccccc2)C1c1csc(NC(=O)c2cccn2Cc2ccncc2)n1.O=C(Nc1nc(/C=C/c2ccc(OC3CC3)cc2F)cs1)c1cccn1Cc1ccncc1.O=C(Nc1nc(C2CC(F)(c3ccccn3)C2)cs1)c1cccn1Cc1ccncc1.O=C(Nc1nc(C2CC(c3ccccc3)C2)cs1)c1cccn1Cc1ccncc1. The smallest absolute Gasteiger partial charge is 0.274 e. The molecular formula is C97H88F2N18O6S4. The molecule has 30 heteroatoms. The molecule has 2 unspecified atom stereocenters. The number of para-hydroxylation sites is 1. The highest BCUT2D eigenvalue weighted by molar-refractivity contribution is 7.15. The summed E-state index contributed by atoms with van der Waals surface area (Å²) in [5, 5.41) is 21.7. The first-order valence-electron chi connectivity index (χ1n) is 41.6. The largest absolute Gasteiger partial charge is 0.490 e. The molecule has 127 heavy (non-hydrogen) atoms. The van der Waals surface area contributed by atoms with Crippen LogP contribution in [-0.2, 0) is 36.6 Å². The van der Waals surface area contributed by atoms with E-state index in [2.05, 4.69) is 109 Å². The van der Waals surface area contributed by atoms with Gasteiger partial charge in [-0.2, -0.15) is 0 Å². The molecule has 3 saturated carbocycles. The Kier molecular flexibility index (Phi) is 27.1. The molecule has 4 N–H and O–H groups in total. The van der Waals surface area contributed by atoms with E-state index in [0.29, 0.717) is 117 Å². The number of hydrogen-bond acceptors (Lipinski definition) is 20. The van der Waals surface area contributed by atoms with E-state index in [4.69, 9.17) is 19.4 Å². The minimum atomic E-state index is -1.40. The van der Waals surface area contributed by atoms with Gasteiger partial charge in [-0.1, -0.05) is 54.6 Å². The number of anilines is 5. The number of hydrogen-bond donors (Lipinski definition) is 4. The van der Waals surface area contributed by atoms with Gasteiger partial charge in [0.2, 0.25) is 0 Å². The molecule has 1 aliphatic heterocycles. The van der Waals surface area contributed by atoms with Gasteiger partial charge in [0.25, 0.3) is 23.6 Å². The third-order valence-electron chi connectivity index (χ3n) is 22.4. The summed E-state index contributed by atoms with van der Waals surface area (Å²) in [5.74, 6) is 0.570. The lowest BCUT2D eigenvalue weighted by molar-refractivity contribution is 0.0318. The Morgan fingerprint density at radius 3 is 1.34 bits per heavy atom. The summed E-state index contributed by atoms with van der Waals surface area (Å²) in [5.41, 5.74) is 12.1. The van der Waals surface area contributed by atoms with Gasteiger partial charge in [-0.15, -0.1) is 45.3 Å². The van der Waals surface area contributed by atoms with Crippen molar-refractivity contribution in [1.29, 1.82) is 0 Å². The second kappa shape index (κ2) is 40.4. The van der Waals surface area contributed by atoms with Gasteiger partial charge in [0, 0.05) is 171 Å². The van der Waals surface area contributed by atoms with E-state index < -0.39 is 5.67 Å². The lowest BCUT2D eigenvalue weighted by Crippen LogP contribution is -2.36. The number of carbonyl (C=O) groups excluding carboxylic acids is 4. The van der Waals surface area contributed by atoms with Crippen LogP contribution >= 0.6 is 45.3 Å². The molecule has 14 heterocycles. The van der Waals surface area contributed by atoms with Crippen molar-refractivity contribution >= 4 is 107 Å². The first-order chi connectivity index (χ1) is 62.2. The number of rotatable bonds is 27. The van der Waals surface area contributed by atoms with E-state index in [-0.39, 0.29) is 53.6 Å². The number of pyridine rings is 5. The summed E-state index contributed by atoms with van der Waals surface area (Å²) in [6.07, 6.45) is 32.7. The number of halogens is 2. The summed E-state index contributed by atoms with van der Waals surface area (Å²) in [4.78, 5) is 92.4. The fourth-order valence-electron chi connectivity index (χ4n) is 15.5. The number of amides is 4. The van der Waals surface area contributed by atoms with Crippen LogP contribution in [0.4, 0.5) is 35.0 Å². The molecule has 0 bridgehead atoms. The van der Waals surface area contributed by atoms with Gasteiger partial charge < -0.3 is 32.6 Å². The lowest BCUT2D eigenvalue weighted by atomic mass is 9.69. The number of ether oxygens (including phenoxy) is 2. The second-order valence-electron chi connectivity index (χ2n) is 31.1. The molecule has 24 nitrogen and oxygen atoms in total. The summed E-state index contributed by atoms with van der Waals surface area (Å²) in [6, 6.07) is 61.3. The molecule has 4 aliphatic rings. The first kappa shape index (κ1) is 85.3. The maximum absolute atomic E-state index is 15.0. The summed E-state index contributed by atoms with van der Waals surface area (Å²) >= 11 is 5.61. The highest BCUT2D eigenvalue weighted by Gasteiger charge is 2.49. The van der Waals surface area contributed by atoms with Crippen LogP contribution in [0.15, 0.2) is 296 Å². The molecule has 1 saturated heterocycles. The molecule has 2 atom stereocenters. The average molecular weight is 1770 g/mol. The molecule has 0 radical (unpaired) electrons. The maximum Gasteiger partial charge on any atom is 0.274 e. The maximum atomic E-state index is 15.0. The van der Waals surface area contributed by atoms with E-state index >= 15 is 4.39 Å². The van der Waals surface area contributed by atoms with Crippen LogP contribution in [0, 0.1) is 5.82 Å². The quantitative estimate of drug-likeness (QED) is 0.0372. The zero-order chi connectivity index (χ0) is 86.8. The molecule has 3 aromatic carbocycles. The normalized spacial score (nSPS) is 17.3. The van der Waals surface area contributed by atoms with Crippen LogP contribution < -0.4 is 30.9 Å². The van der Waals surface area contributed by atoms with Crippen LogP contribution in [0.2, 0.25) is 0 Å². The van der Waals surface area contributed by atoms with Crippen molar-refractivity contribution in [3.63, 3.8) is 0 Å². The van der Waals surface area contributed by atoms with Crippen LogP contribution in [-0.4, -0.2) is 113 Å². The predicted molar refractivity (Wildman–Crippen MR) is 492 cm³/mol. The van der Waals surface area contributed by atoms with Crippen LogP contribution in [0.1, 0.15) is 173 Å². The van der Waals surface area contributed by atoms with E-state index in [9.17, 15) is 23.6 Å². The number of benzene rings is 3. The highest BCUT2D eigenvalue weighted by Crippen LogP contribution is 2.54. The number of carbonyl (C=O) groups is 4. The van der Waals surface area contributed by atoms with E-state index in [0.717, 1.165) is 83.7 Å². The zero-order valence-corrected chi connectivity index (χ0v) is 72.3. The minimum Gasteiger partial charge on any atom is -0.490 e. The molecule has 20 rings (SSSR count). The van der Waals surface area contributed by atoms with Gasteiger partial charge in [0.15, 0.2) is 26.2 Å². The molecule has 640 valence electrons. The summed E-state index contributed by atoms with van der Waals surface area (Å²) in [6.45, 7) is 3.28. The summed E-state index contributed by atoms with van der Waals surface area (Å²) in [7, 11) is 1.75. The fraction of sp³-hybridized carbons (Fsp3) is 0.206. The Bertz CT molecular complexity index is 6350. The number of aromatic nitrogens is 13. The van der Waals surface area contributed by atoms with Crippen molar-refractivity contribution in [2.75, 3.05) is 39.8 Å². The fourth-order valence-corrected chi connectivity index (χ4v) is 18.5. The Morgan fingerprint density at radius 1 is 0.457 bits per heavy atom. The van der Waals surface area contributed by atoms with E-state index in [1.807, 2.05) is 162 Å². The minimum absolute atomic E-state index is 0.00912. The van der Waals surface area contributed by atoms with Crippen molar-refractivity contribution in [1.82, 2.24) is 63.1 Å². The predicted octanol–water partition coefficient (Wildman–Crippen LogP) is 20.2. The van der Waals surface area contributed by atoms with E-state index in [1.54, 1.807) is 117 Å². The number of nitrogens with zero attached hydrogens (tertiary/aromatic N) is 14.